The van der Waals surface area contributed by atoms with Crippen molar-refractivity contribution in [3.63, 3.8) is 0 Å². The van der Waals surface area contributed by atoms with Crippen molar-refractivity contribution in [1.82, 2.24) is 10.2 Å². The fourth-order valence-corrected chi connectivity index (χ4v) is 2.55. The molecule has 0 aliphatic heterocycles. The fraction of sp³-hybridized carbons (Fsp3) is 0.0714. The summed E-state index contributed by atoms with van der Waals surface area (Å²) in [6.07, 6.45) is -0.121. The van der Waals surface area contributed by atoms with Crippen molar-refractivity contribution >= 4 is 34.5 Å². The Balaban J connectivity index is 1.68. The number of aromatic nitrogens is 2. The molecule has 112 valence electrons. The number of carbonyl (C=O) groups excluding carboxylic acids is 1. The van der Waals surface area contributed by atoms with Crippen molar-refractivity contribution in [2.45, 2.75) is 6.42 Å². The van der Waals surface area contributed by atoms with Crippen LogP contribution in [-0.4, -0.2) is 16.1 Å². The van der Waals surface area contributed by atoms with Crippen LogP contribution in [-0.2, 0) is 11.2 Å². The first kappa shape index (κ1) is 14.7. The summed E-state index contributed by atoms with van der Waals surface area (Å²) in [6, 6.07) is 5.57. The molecule has 0 unspecified atom stereocenters. The van der Waals surface area contributed by atoms with E-state index >= 15 is 0 Å². The molecule has 0 aliphatic rings. The quantitative estimate of drug-likeness (QED) is 0.786. The van der Waals surface area contributed by atoms with Crippen molar-refractivity contribution in [1.29, 1.82) is 0 Å². The summed E-state index contributed by atoms with van der Waals surface area (Å²) in [5.41, 5.74) is 1.00. The highest BCUT2D eigenvalue weighted by Crippen LogP contribution is 2.23. The maximum atomic E-state index is 13.1. The van der Waals surface area contributed by atoms with Gasteiger partial charge in [0.05, 0.1) is 10.7 Å². The van der Waals surface area contributed by atoms with Gasteiger partial charge < -0.3 is 9.73 Å². The summed E-state index contributed by atoms with van der Waals surface area (Å²) in [7, 11) is 0. The highest BCUT2D eigenvalue weighted by atomic mass is 35.5. The van der Waals surface area contributed by atoms with Crippen LogP contribution in [0.1, 0.15) is 5.89 Å². The topological polar surface area (TPSA) is 68.0 Å². The van der Waals surface area contributed by atoms with Crippen LogP contribution in [0.15, 0.2) is 39.4 Å². The maximum absolute atomic E-state index is 13.1. The highest BCUT2D eigenvalue weighted by Gasteiger charge is 2.14. The first-order chi connectivity index (χ1) is 10.6. The van der Waals surface area contributed by atoms with Gasteiger partial charge in [0.2, 0.25) is 17.7 Å². The van der Waals surface area contributed by atoms with E-state index in [0.29, 0.717) is 5.89 Å². The van der Waals surface area contributed by atoms with Crippen LogP contribution < -0.4 is 5.32 Å². The molecule has 2 heterocycles. The van der Waals surface area contributed by atoms with Gasteiger partial charge in [-0.15, -0.1) is 10.2 Å². The van der Waals surface area contributed by atoms with Gasteiger partial charge in [-0.1, -0.05) is 11.6 Å². The smallest absolute Gasteiger partial charge is 0.248 e. The minimum absolute atomic E-state index is 0.121. The summed E-state index contributed by atoms with van der Waals surface area (Å²) < 4.78 is 18.5. The van der Waals surface area contributed by atoms with Crippen LogP contribution in [0.25, 0.3) is 11.5 Å². The summed E-state index contributed by atoms with van der Waals surface area (Å²) in [4.78, 5) is 11.9. The van der Waals surface area contributed by atoms with Crippen LogP contribution in [0.5, 0.6) is 0 Å². The summed E-state index contributed by atoms with van der Waals surface area (Å²) in [6.45, 7) is 0. The molecule has 3 rings (SSSR count). The molecule has 1 aromatic carbocycles. The summed E-state index contributed by atoms with van der Waals surface area (Å²) >= 11 is 7.39. The number of halogens is 2. The lowest BCUT2D eigenvalue weighted by molar-refractivity contribution is -0.115. The summed E-state index contributed by atoms with van der Waals surface area (Å²) in [5.74, 6) is -0.385. The second-order valence-electron chi connectivity index (χ2n) is 4.36. The van der Waals surface area contributed by atoms with Gasteiger partial charge in [-0.3, -0.25) is 4.79 Å². The van der Waals surface area contributed by atoms with Gasteiger partial charge in [-0.05, 0) is 29.6 Å². The Bertz CT molecular complexity index is 804. The van der Waals surface area contributed by atoms with E-state index in [1.54, 1.807) is 0 Å². The Labute approximate surface area is 133 Å². The Hall–Kier alpha value is -2.25. The minimum Gasteiger partial charge on any atom is -0.420 e. The molecule has 0 bridgehead atoms. The predicted octanol–water partition coefficient (Wildman–Crippen LogP) is 3.77. The number of benzene rings is 1. The number of amides is 1. The zero-order chi connectivity index (χ0) is 15.5. The van der Waals surface area contributed by atoms with E-state index in [9.17, 15) is 9.18 Å². The molecule has 2 aromatic heterocycles. The van der Waals surface area contributed by atoms with Crippen LogP contribution in [0.2, 0.25) is 5.02 Å². The van der Waals surface area contributed by atoms with Crippen LogP contribution in [0, 0.1) is 5.82 Å². The predicted molar refractivity (Wildman–Crippen MR) is 81.4 cm³/mol. The molecule has 0 spiro atoms. The van der Waals surface area contributed by atoms with Crippen molar-refractivity contribution in [2.75, 3.05) is 5.32 Å². The van der Waals surface area contributed by atoms with Gasteiger partial charge in [-0.25, -0.2) is 4.39 Å². The van der Waals surface area contributed by atoms with Crippen molar-refractivity contribution in [2.24, 2.45) is 0 Å². The number of hydrogen-bond donors (Lipinski definition) is 1. The number of anilines is 1. The van der Waals surface area contributed by atoms with E-state index in [0.717, 1.165) is 11.6 Å². The third kappa shape index (κ3) is 3.32. The SMILES string of the molecule is O=C(Cc1nnc(-c2ccsc2)o1)Nc1cc(F)ccc1Cl. The molecule has 0 atom stereocenters. The average molecular weight is 338 g/mol. The van der Waals surface area contributed by atoms with Gasteiger partial charge in [-0.2, -0.15) is 11.3 Å². The molecule has 0 radical (unpaired) electrons. The molecule has 5 nitrogen and oxygen atoms in total. The van der Waals surface area contributed by atoms with Crippen molar-refractivity contribution < 1.29 is 13.6 Å². The van der Waals surface area contributed by atoms with Crippen LogP contribution >= 0.6 is 22.9 Å². The number of nitrogens with one attached hydrogen (secondary N) is 1. The number of thiophene rings is 1. The van der Waals surface area contributed by atoms with Crippen LogP contribution in [0.3, 0.4) is 0 Å². The van der Waals surface area contributed by atoms with E-state index in [-0.39, 0.29) is 23.0 Å². The second-order valence-corrected chi connectivity index (χ2v) is 5.55. The molecule has 22 heavy (non-hydrogen) atoms. The summed E-state index contributed by atoms with van der Waals surface area (Å²) in [5, 5.41) is 14.2. The lowest BCUT2D eigenvalue weighted by Gasteiger charge is -2.05. The van der Waals surface area contributed by atoms with E-state index in [1.807, 2.05) is 16.8 Å². The number of rotatable bonds is 4. The molecule has 0 aliphatic carbocycles. The number of hydrogen-bond acceptors (Lipinski definition) is 5. The standard InChI is InChI=1S/C14H9ClFN3O2S/c15-10-2-1-9(16)5-11(10)17-12(20)6-13-18-19-14(21-13)8-3-4-22-7-8/h1-5,7H,6H2,(H,17,20). The average Bonchev–Trinajstić information content (AvgIpc) is 3.13. The van der Waals surface area contributed by atoms with Gasteiger partial charge in [0.25, 0.3) is 0 Å². The monoisotopic (exact) mass is 337 g/mol. The molecule has 1 N–H and O–H groups in total. The minimum atomic E-state index is -0.489. The zero-order valence-electron chi connectivity index (χ0n) is 11.0. The van der Waals surface area contributed by atoms with Gasteiger partial charge >= 0.3 is 0 Å². The van der Waals surface area contributed by atoms with Gasteiger partial charge in [0.15, 0.2) is 0 Å². The normalized spacial score (nSPS) is 10.6. The van der Waals surface area contributed by atoms with E-state index in [4.69, 9.17) is 16.0 Å². The van der Waals surface area contributed by atoms with Gasteiger partial charge in [0.1, 0.15) is 12.2 Å². The Morgan fingerprint density at radius 2 is 2.23 bits per heavy atom. The third-order valence-electron chi connectivity index (χ3n) is 2.75. The first-order valence-electron chi connectivity index (χ1n) is 6.21. The van der Waals surface area contributed by atoms with Crippen molar-refractivity contribution in [3.8, 4) is 11.5 Å². The van der Waals surface area contributed by atoms with E-state index in [2.05, 4.69) is 15.5 Å². The Kier molecular flexibility index (Phi) is 4.17. The molecule has 1 amide bonds. The lowest BCUT2D eigenvalue weighted by Crippen LogP contribution is -2.15. The Morgan fingerprint density at radius 1 is 1.36 bits per heavy atom. The second kappa shape index (κ2) is 6.25. The molecule has 0 fully saturated rings. The van der Waals surface area contributed by atoms with E-state index in [1.165, 1.54) is 23.5 Å². The van der Waals surface area contributed by atoms with Crippen LogP contribution in [0.4, 0.5) is 10.1 Å². The largest absolute Gasteiger partial charge is 0.420 e. The van der Waals surface area contributed by atoms with Crippen molar-refractivity contribution in [3.05, 3.63) is 51.8 Å². The number of nitrogens with zero attached hydrogens (tertiary/aromatic N) is 2. The van der Waals surface area contributed by atoms with Gasteiger partial charge in [0, 0.05) is 10.9 Å². The molecule has 0 saturated carbocycles. The zero-order valence-corrected chi connectivity index (χ0v) is 12.6. The molecular weight excluding hydrogens is 329 g/mol. The number of carbonyl (C=O) groups is 1. The molecule has 3 aromatic rings. The van der Waals surface area contributed by atoms with E-state index < -0.39 is 11.7 Å². The maximum Gasteiger partial charge on any atom is 0.248 e. The highest BCUT2D eigenvalue weighted by molar-refractivity contribution is 7.08. The molecule has 8 heteroatoms. The molecule has 0 saturated heterocycles. The Morgan fingerprint density at radius 3 is 3.00 bits per heavy atom. The first-order valence-corrected chi connectivity index (χ1v) is 7.54. The third-order valence-corrected chi connectivity index (χ3v) is 3.76. The molecular formula is C14H9ClFN3O2S. The lowest BCUT2D eigenvalue weighted by atomic mass is 10.3. The fourth-order valence-electron chi connectivity index (χ4n) is 1.75.